The van der Waals surface area contributed by atoms with Crippen molar-refractivity contribution in [1.82, 2.24) is 0 Å². The highest BCUT2D eigenvalue weighted by molar-refractivity contribution is 6.31. The summed E-state index contributed by atoms with van der Waals surface area (Å²) >= 11 is 5.71. The molecule has 2 N–H and O–H groups in total. The van der Waals surface area contributed by atoms with E-state index in [-0.39, 0.29) is 5.78 Å². The first-order chi connectivity index (χ1) is 6.15. The number of rotatable bonds is 3. The van der Waals surface area contributed by atoms with Crippen LogP contribution < -0.4 is 5.73 Å². The van der Waals surface area contributed by atoms with E-state index < -0.39 is 0 Å². The topological polar surface area (TPSA) is 43.1 Å². The molecule has 0 amide bonds. The Morgan fingerprint density at radius 1 is 1.54 bits per heavy atom. The number of halogens is 1. The van der Waals surface area contributed by atoms with E-state index >= 15 is 0 Å². The maximum Gasteiger partial charge on any atom is 0.164 e. The fourth-order valence-electron chi connectivity index (χ4n) is 1.15. The summed E-state index contributed by atoms with van der Waals surface area (Å²) in [6, 6.07) is 4.96. The van der Waals surface area contributed by atoms with E-state index in [1.54, 1.807) is 18.2 Å². The molecule has 0 saturated heterocycles. The van der Waals surface area contributed by atoms with Gasteiger partial charge in [-0.1, -0.05) is 18.5 Å². The number of ketones is 1. The number of anilines is 1. The SMILES string of the molecule is CCCC(=O)c1ccc(Cl)cc1N. The number of carbonyl (C=O) groups excluding carboxylic acids is 1. The van der Waals surface area contributed by atoms with Crippen LogP contribution >= 0.6 is 11.6 Å². The molecule has 0 aromatic heterocycles. The molecule has 1 aromatic carbocycles. The minimum Gasteiger partial charge on any atom is -0.398 e. The minimum atomic E-state index is 0.0802. The Morgan fingerprint density at radius 2 is 2.23 bits per heavy atom. The lowest BCUT2D eigenvalue weighted by atomic mass is 10.1. The number of nitrogens with two attached hydrogens (primary N) is 1. The van der Waals surface area contributed by atoms with Crippen LogP contribution in [-0.4, -0.2) is 5.78 Å². The Kier molecular flexibility index (Phi) is 3.32. The fraction of sp³-hybridized carbons (Fsp3) is 0.300. The van der Waals surface area contributed by atoms with Crippen LogP contribution in [0.2, 0.25) is 5.02 Å². The van der Waals surface area contributed by atoms with Crippen molar-refractivity contribution in [2.75, 3.05) is 5.73 Å². The molecule has 70 valence electrons. The maximum atomic E-state index is 11.5. The summed E-state index contributed by atoms with van der Waals surface area (Å²) in [6.07, 6.45) is 1.37. The molecule has 0 bridgehead atoms. The Bertz CT molecular complexity index is 323. The molecule has 0 fully saturated rings. The van der Waals surface area contributed by atoms with Crippen molar-refractivity contribution in [2.45, 2.75) is 19.8 Å². The molecular weight excluding hydrogens is 186 g/mol. The molecule has 0 spiro atoms. The summed E-state index contributed by atoms with van der Waals surface area (Å²) in [5.74, 6) is 0.0802. The lowest BCUT2D eigenvalue weighted by Crippen LogP contribution is -2.02. The number of Topliss-reactive ketones (excluding diaryl/α,β-unsaturated/α-hetero) is 1. The van der Waals surface area contributed by atoms with Crippen molar-refractivity contribution in [2.24, 2.45) is 0 Å². The first kappa shape index (κ1) is 10.1. The molecule has 1 rings (SSSR count). The first-order valence-corrected chi connectivity index (χ1v) is 4.61. The number of carbonyl (C=O) groups is 1. The van der Waals surface area contributed by atoms with E-state index in [0.717, 1.165) is 6.42 Å². The summed E-state index contributed by atoms with van der Waals surface area (Å²) in [4.78, 5) is 11.5. The lowest BCUT2D eigenvalue weighted by molar-refractivity contribution is 0.0982. The molecule has 2 nitrogen and oxygen atoms in total. The van der Waals surface area contributed by atoms with Crippen LogP contribution in [0.3, 0.4) is 0 Å². The normalized spacial score (nSPS) is 10.0. The van der Waals surface area contributed by atoms with Gasteiger partial charge in [-0.3, -0.25) is 4.79 Å². The van der Waals surface area contributed by atoms with Crippen LogP contribution in [0, 0.1) is 0 Å². The predicted octanol–water partition coefficient (Wildman–Crippen LogP) is 2.91. The van der Waals surface area contributed by atoms with Crippen LogP contribution in [0.1, 0.15) is 30.1 Å². The van der Waals surface area contributed by atoms with Crippen LogP contribution in [-0.2, 0) is 0 Å². The summed E-state index contributed by atoms with van der Waals surface area (Å²) in [6.45, 7) is 1.96. The van der Waals surface area contributed by atoms with Crippen LogP contribution in [0.5, 0.6) is 0 Å². The van der Waals surface area contributed by atoms with Crippen molar-refractivity contribution in [3.63, 3.8) is 0 Å². The standard InChI is InChI=1S/C10H12ClNO/c1-2-3-10(13)8-5-4-7(11)6-9(8)12/h4-6H,2-3,12H2,1H3. The van der Waals surface area contributed by atoms with Gasteiger partial charge in [0, 0.05) is 22.7 Å². The van der Waals surface area contributed by atoms with Gasteiger partial charge in [0.15, 0.2) is 5.78 Å². The third kappa shape index (κ3) is 2.46. The zero-order valence-electron chi connectivity index (χ0n) is 7.51. The van der Waals surface area contributed by atoms with E-state index in [9.17, 15) is 4.79 Å². The van der Waals surface area contributed by atoms with Crippen LogP contribution in [0.25, 0.3) is 0 Å². The molecule has 0 aliphatic rings. The number of hydrogen-bond donors (Lipinski definition) is 1. The van der Waals surface area contributed by atoms with Gasteiger partial charge in [-0.25, -0.2) is 0 Å². The average Bonchev–Trinajstić information content (AvgIpc) is 2.04. The zero-order chi connectivity index (χ0) is 9.84. The van der Waals surface area contributed by atoms with E-state index in [1.165, 1.54) is 0 Å². The van der Waals surface area contributed by atoms with E-state index in [1.807, 2.05) is 6.92 Å². The van der Waals surface area contributed by atoms with Gasteiger partial charge in [-0.05, 0) is 24.6 Å². The largest absolute Gasteiger partial charge is 0.398 e. The third-order valence-corrected chi connectivity index (χ3v) is 2.03. The molecule has 0 aliphatic carbocycles. The molecule has 0 radical (unpaired) electrons. The predicted molar refractivity (Wildman–Crippen MR) is 55.1 cm³/mol. The molecule has 0 heterocycles. The maximum absolute atomic E-state index is 11.5. The van der Waals surface area contributed by atoms with Gasteiger partial charge in [0.05, 0.1) is 0 Å². The second kappa shape index (κ2) is 4.28. The van der Waals surface area contributed by atoms with E-state index in [4.69, 9.17) is 17.3 Å². The molecule has 1 aromatic rings. The highest BCUT2D eigenvalue weighted by Crippen LogP contribution is 2.19. The average molecular weight is 198 g/mol. The van der Waals surface area contributed by atoms with Crippen LogP contribution in [0.15, 0.2) is 18.2 Å². The van der Waals surface area contributed by atoms with Gasteiger partial charge in [0.25, 0.3) is 0 Å². The molecule has 13 heavy (non-hydrogen) atoms. The fourth-order valence-corrected chi connectivity index (χ4v) is 1.33. The van der Waals surface area contributed by atoms with E-state index in [0.29, 0.717) is 22.7 Å². The second-order valence-corrected chi connectivity index (χ2v) is 3.34. The molecule has 0 unspecified atom stereocenters. The second-order valence-electron chi connectivity index (χ2n) is 2.90. The van der Waals surface area contributed by atoms with Gasteiger partial charge in [-0.15, -0.1) is 0 Å². The van der Waals surface area contributed by atoms with Crippen molar-refractivity contribution in [1.29, 1.82) is 0 Å². The Balaban J connectivity index is 2.95. The smallest absolute Gasteiger partial charge is 0.164 e. The monoisotopic (exact) mass is 197 g/mol. The number of nitrogen functional groups attached to an aromatic ring is 1. The third-order valence-electron chi connectivity index (χ3n) is 1.79. The summed E-state index contributed by atoms with van der Waals surface area (Å²) in [5.41, 5.74) is 6.69. The van der Waals surface area contributed by atoms with Gasteiger partial charge in [0.2, 0.25) is 0 Å². The molecule has 0 aliphatic heterocycles. The Hall–Kier alpha value is -1.02. The van der Waals surface area contributed by atoms with Crippen molar-refractivity contribution >= 4 is 23.1 Å². The van der Waals surface area contributed by atoms with Gasteiger partial charge >= 0.3 is 0 Å². The molecule has 0 saturated carbocycles. The van der Waals surface area contributed by atoms with Crippen LogP contribution in [0.4, 0.5) is 5.69 Å². The van der Waals surface area contributed by atoms with E-state index in [2.05, 4.69) is 0 Å². The minimum absolute atomic E-state index is 0.0802. The number of hydrogen-bond acceptors (Lipinski definition) is 2. The Morgan fingerprint density at radius 3 is 2.77 bits per heavy atom. The number of benzene rings is 1. The molecule has 0 atom stereocenters. The summed E-state index contributed by atoms with van der Waals surface area (Å²) < 4.78 is 0. The van der Waals surface area contributed by atoms with Crippen molar-refractivity contribution < 1.29 is 4.79 Å². The zero-order valence-corrected chi connectivity index (χ0v) is 8.27. The quantitative estimate of drug-likeness (QED) is 0.598. The molecule has 3 heteroatoms. The van der Waals surface area contributed by atoms with Gasteiger partial charge < -0.3 is 5.73 Å². The highest BCUT2D eigenvalue weighted by atomic mass is 35.5. The van der Waals surface area contributed by atoms with Crippen molar-refractivity contribution in [3.8, 4) is 0 Å². The van der Waals surface area contributed by atoms with Gasteiger partial charge in [-0.2, -0.15) is 0 Å². The summed E-state index contributed by atoms with van der Waals surface area (Å²) in [7, 11) is 0. The van der Waals surface area contributed by atoms with Gasteiger partial charge in [0.1, 0.15) is 0 Å². The highest BCUT2D eigenvalue weighted by Gasteiger charge is 2.08. The molecular formula is C10H12ClNO. The van der Waals surface area contributed by atoms with Crippen molar-refractivity contribution in [3.05, 3.63) is 28.8 Å². The Labute approximate surface area is 82.7 Å². The lowest BCUT2D eigenvalue weighted by Gasteiger charge is -2.03. The first-order valence-electron chi connectivity index (χ1n) is 4.23. The summed E-state index contributed by atoms with van der Waals surface area (Å²) in [5, 5.41) is 0.561.